The third kappa shape index (κ3) is 45.4. The molecule has 0 radical (unpaired) electrons. The van der Waals surface area contributed by atoms with E-state index < -0.39 is 66.2 Å². The predicted molar refractivity (Wildman–Crippen MR) is 244 cm³/mol. The van der Waals surface area contributed by atoms with Crippen LogP contribution in [0.3, 0.4) is 0 Å². The lowest BCUT2D eigenvalue weighted by molar-refractivity contribution is -0.161. The summed E-state index contributed by atoms with van der Waals surface area (Å²) in [5.74, 6) is -1.14. The largest absolute Gasteiger partial charge is 0.472 e. The van der Waals surface area contributed by atoms with E-state index in [0.29, 0.717) is 19.3 Å². The molecule has 4 N–H and O–H groups in total. The second kappa shape index (κ2) is 41.6. The Balaban J connectivity index is 4.65. The van der Waals surface area contributed by atoms with Crippen molar-refractivity contribution in [2.45, 2.75) is 180 Å². The maximum absolute atomic E-state index is 12.6. The number of phosphoric ester groups is 2. The molecular formula is C46H80O13P2. The molecule has 3 atom stereocenters. The van der Waals surface area contributed by atoms with Crippen molar-refractivity contribution in [2.24, 2.45) is 0 Å². The molecule has 0 saturated carbocycles. The van der Waals surface area contributed by atoms with Crippen LogP contribution < -0.4 is 0 Å². The number of rotatable bonds is 42. The number of allylic oxidation sites excluding steroid dienone is 12. The van der Waals surface area contributed by atoms with E-state index in [9.17, 15) is 28.7 Å². The van der Waals surface area contributed by atoms with Crippen LogP contribution in [0.25, 0.3) is 0 Å². The number of ether oxygens (including phenoxy) is 2. The van der Waals surface area contributed by atoms with E-state index in [1.165, 1.54) is 57.8 Å². The van der Waals surface area contributed by atoms with Crippen LogP contribution in [0.5, 0.6) is 0 Å². The first-order chi connectivity index (χ1) is 29.4. The molecule has 0 bridgehead atoms. The van der Waals surface area contributed by atoms with Crippen molar-refractivity contribution in [1.82, 2.24) is 0 Å². The monoisotopic (exact) mass is 903 g/mol. The molecule has 0 saturated heterocycles. The first kappa shape index (κ1) is 58.6. The molecule has 0 aliphatic heterocycles. The normalized spacial score (nSPS) is 14.7. The molecule has 0 heterocycles. The molecule has 0 aliphatic rings. The van der Waals surface area contributed by atoms with Gasteiger partial charge in [0.1, 0.15) is 12.7 Å². The zero-order valence-corrected chi connectivity index (χ0v) is 39.0. The molecule has 1 unspecified atom stereocenters. The van der Waals surface area contributed by atoms with Crippen molar-refractivity contribution in [2.75, 3.05) is 26.4 Å². The molecule has 0 rings (SSSR count). The van der Waals surface area contributed by atoms with Crippen LogP contribution in [0.1, 0.15) is 168 Å². The number of esters is 2. The number of hydrogen-bond donors (Lipinski definition) is 4. The van der Waals surface area contributed by atoms with Gasteiger partial charge in [-0.05, 0) is 77.0 Å². The maximum atomic E-state index is 12.6. The zero-order chi connectivity index (χ0) is 45.1. The fourth-order valence-corrected chi connectivity index (χ4v) is 6.77. The number of carbonyl (C=O) groups is 2. The van der Waals surface area contributed by atoms with Gasteiger partial charge < -0.3 is 29.3 Å². The van der Waals surface area contributed by atoms with Crippen molar-refractivity contribution in [3.8, 4) is 0 Å². The third-order valence-corrected chi connectivity index (χ3v) is 10.5. The average Bonchev–Trinajstić information content (AvgIpc) is 3.22. The summed E-state index contributed by atoms with van der Waals surface area (Å²) in [6, 6.07) is 0. The lowest BCUT2D eigenvalue weighted by atomic mass is 10.1. The Bertz CT molecular complexity index is 1350. The van der Waals surface area contributed by atoms with Gasteiger partial charge in [0.15, 0.2) is 6.10 Å². The summed E-state index contributed by atoms with van der Waals surface area (Å²) >= 11 is 0. The van der Waals surface area contributed by atoms with Crippen molar-refractivity contribution in [1.29, 1.82) is 0 Å². The highest BCUT2D eigenvalue weighted by Gasteiger charge is 2.28. The molecule has 0 aromatic rings. The molecule has 0 aromatic carbocycles. The first-order valence-electron chi connectivity index (χ1n) is 22.6. The van der Waals surface area contributed by atoms with Gasteiger partial charge in [-0.15, -0.1) is 0 Å². The lowest BCUT2D eigenvalue weighted by Crippen LogP contribution is -2.29. The Morgan fingerprint density at radius 2 is 0.885 bits per heavy atom. The van der Waals surface area contributed by atoms with Gasteiger partial charge in [0.05, 0.1) is 19.8 Å². The summed E-state index contributed by atoms with van der Waals surface area (Å²) in [7, 11) is -9.71. The van der Waals surface area contributed by atoms with Gasteiger partial charge >= 0.3 is 27.6 Å². The second-order valence-corrected chi connectivity index (χ2v) is 17.7. The Hall–Kier alpha value is -2.44. The van der Waals surface area contributed by atoms with Crippen LogP contribution >= 0.6 is 15.6 Å². The summed E-state index contributed by atoms with van der Waals surface area (Å²) in [5.41, 5.74) is 0. The number of unbranched alkanes of at least 4 members (excludes halogenated alkanes) is 14. The Kier molecular flexibility index (Phi) is 39.9. The van der Waals surface area contributed by atoms with E-state index in [1.54, 1.807) is 0 Å². The molecule has 352 valence electrons. The van der Waals surface area contributed by atoms with Crippen LogP contribution in [0, 0.1) is 0 Å². The van der Waals surface area contributed by atoms with Gasteiger partial charge in [-0.3, -0.25) is 23.2 Å². The first-order valence-corrected chi connectivity index (χ1v) is 25.7. The Labute approximate surface area is 367 Å². The number of phosphoric acid groups is 2. The van der Waals surface area contributed by atoms with Crippen LogP contribution in [0.15, 0.2) is 72.9 Å². The molecule has 0 amide bonds. The standard InChI is InChI=1S/C46H80O13P2/c1-3-5-7-9-11-13-15-17-19-20-21-22-24-26-28-30-32-34-36-38-46(49)59-44(42-58-61(53,54)57-40-43(47)39-56-60(50,51)52)41-55-45(48)37-35-33-31-29-27-25-23-18-16-14-12-10-8-6-4-2/h11,13,17-19,21-23,26,28,32,34,43-44,47H,3-10,12,14-16,20,24-25,27,29-31,33,35-42H2,1-2H3,(H,53,54)(H2,50,51,52)/b13-11-,19-17-,22-21-,23-18-,28-26-,34-32-/t43-,44+/m0/s1. The van der Waals surface area contributed by atoms with Crippen LogP contribution in [-0.2, 0) is 41.8 Å². The molecule has 15 heteroatoms. The van der Waals surface area contributed by atoms with E-state index in [2.05, 4.69) is 77.6 Å². The smallest absolute Gasteiger partial charge is 0.462 e. The van der Waals surface area contributed by atoms with Crippen LogP contribution in [0.4, 0.5) is 0 Å². The third-order valence-electron chi connectivity index (χ3n) is 9.07. The fraction of sp³-hybridized carbons (Fsp3) is 0.696. The van der Waals surface area contributed by atoms with Gasteiger partial charge in [0, 0.05) is 12.8 Å². The molecule has 13 nitrogen and oxygen atoms in total. The van der Waals surface area contributed by atoms with Gasteiger partial charge in [0.2, 0.25) is 0 Å². The summed E-state index contributed by atoms with van der Waals surface area (Å²) in [5, 5.41) is 9.75. The lowest BCUT2D eigenvalue weighted by Gasteiger charge is -2.20. The molecule has 61 heavy (non-hydrogen) atoms. The van der Waals surface area contributed by atoms with E-state index in [4.69, 9.17) is 23.8 Å². The van der Waals surface area contributed by atoms with E-state index >= 15 is 0 Å². The van der Waals surface area contributed by atoms with Gasteiger partial charge in [-0.1, -0.05) is 151 Å². The molecular weight excluding hydrogens is 822 g/mol. The summed E-state index contributed by atoms with van der Waals surface area (Å²) in [6.07, 6.45) is 46.2. The van der Waals surface area contributed by atoms with Crippen molar-refractivity contribution in [3.63, 3.8) is 0 Å². The molecule has 0 fully saturated rings. The Morgan fingerprint density at radius 1 is 0.475 bits per heavy atom. The summed E-state index contributed by atoms with van der Waals surface area (Å²) in [6.45, 7) is 1.63. The molecule has 0 aliphatic carbocycles. The average molecular weight is 903 g/mol. The van der Waals surface area contributed by atoms with E-state index in [-0.39, 0.29) is 12.8 Å². The number of aliphatic hydroxyl groups excluding tert-OH is 1. The number of carbonyl (C=O) groups excluding carboxylic acids is 2. The topological polar surface area (TPSA) is 195 Å². The van der Waals surface area contributed by atoms with Crippen molar-refractivity contribution >= 4 is 27.6 Å². The predicted octanol–water partition coefficient (Wildman–Crippen LogP) is 11.8. The quantitative estimate of drug-likeness (QED) is 0.0196. The Morgan fingerprint density at radius 3 is 1.43 bits per heavy atom. The minimum absolute atomic E-state index is 0.00350. The van der Waals surface area contributed by atoms with Gasteiger partial charge in [-0.25, -0.2) is 9.13 Å². The van der Waals surface area contributed by atoms with E-state index in [1.807, 2.05) is 18.2 Å². The molecule has 0 spiro atoms. The van der Waals surface area contributed by atoms with Crippen molar-refractivity contribution in [3.05, 3.63) is 72.9 Å². The summed E-state index contributed by atoms with van der Waals surface area (Å²) < 4.78 is 47.7. The highest BCUT2D eigenvalue weighted by molar-refractivity contribution is 7.47. The van der Waals surface area contributed by atoms with Gasteiger partial charge in [0.25, 0.3) is 0 Å². The highest BCUT2D eigenvalue weighted by atomic mass is 31.2. The van der Waals surface area contributed by atoms with Crippen molar-refractivity contribution < 1.29 is 61.6 Å². The number of aliphatic hydroxyl groups is 1. The summed E-state index contributed by atoms with van der Waals surface area (Å²) in [4.78, 5) is 52.7. The fourth-order valence-electron chi connectivity index (χ4n) is 5.62. The second-order valence-electron chi connectivity index (χ2n) is 15.0. The minimum atomic E-state index is -4.87. The van der Waals surface area contributed by atoms with Crippen LogP contribution in [-0.4, -0.2) is 70.4 Å². The van der Waals surface area contributed by atoms with Crippen LogP contribution in [0.2, 0.25) is 0 Å². The van der Waals surface area contributed by atoms with E-state index in [0.717, 1.165) is 64.2 Å². The number of hydrogen-bond acceptors (Lipinski definition) is 10. The highest BCUT2D eigenvalue weighted by Crippen LogP contribution is 2.43. The maximum Gasteiger partial charge on any atom is 0.472 e. The zero-order valence-electron chi connectivity index (χ0n) is 37.2. The SMILES string of the molecule is CCCCC/C=C\C/C=C\C/C=C\C/C=C\C/C=C\CCC(=O)O[C@H](COC(=O)CCCCCCC/C=C\CCCCCCCC)COP(=O)(O)OC[C@@H](O)COP(=O)(O)O. The molecule has 0 aromatic heterocycles. The van der Waals surface area contributed by atoms with Gasteiger partial charge in [-0.2, -0.15) is 0 Å². The minimum Gasteiger partial charge on any atom is -0.462 e.